The Morgan fingerprint density at radius 2 is 1.62 bits per heavy atom. The molecular formula is C21H23N5O3. The highest BCUT2D eigenvalue weighted by atomic mass is 16.5. The van der Waals surface area contributed by atoms with Gasteiger partial charge in [0.2, 0.25) is 5.91 Å². The minimum atomic E-state index is -0.347. The third kappa shape index (κ3) is 5.11. The molecule has 2 aromatic heterocycles. The van der Waals surface area contributed by atoms with Crippen LogP contribution in [0.15, 0.2) is 55.0 Å². The average molecular weight is 393 g/mol. The highest BCUT2D eigenvalue weighted by molar-refractivity contribution is 6.00. The van der Waals surface area contributed by atoms with Crippen molar-refractivity contribution in [3.05, 3.63) is 55.0 Å². The second kappa shape index (κ2) is 8.74. The van der Waals surface area contributed by atoms with Gasteiger partial charge in [0.25, 0.3) is 0 Å². The maximum atomic E-state index is 12.2. The molecule has 0 unspecified atom stereocenters. The zero-order chi connectivity index (χ0) is 20.1. The minimum Gasteiger partial charge on any atom is -0.381 e. The van der Waals surface area contributed by atoms with Crippen molar-refractivity contribution in [1.29, 1.82) is 0 Å². The summed E-state index contributed by atoms with van der Waals surface area (Å²) in [5, 5.41) is 8.47. The van der Waals surface area contributed by atoms with Gasteiger partial charge in [0, 0.05) is 49.6 Å². The molecule has 150 valence electrons. The van der Waals surface area contributed by atoms with Crippen LogP contribution in [-0.4, -0.2) is 34.5 Å². The largest absolute Gasteiger partial charge is 0.381 e. The molecule has 3 heterocycles. The number of urea groups is 1. The van der Waals surface area contributed by atoms with E-state index in [1.54, 1.807) is 42.7 Å². The molecule has 0 radical (unpaired) electrons. The number of rotatable bonds is 5. The van der Waals surface area contributed by atoms with Crippen LogP contribution in [-0.2, 0) is 9.53 Å². The lowest BCUT2D eigenvalue weighted by atomic mass is 9.96. The lowest BCUT2D eigenvalue weighted by Crippen LogP contribution is -2.22. The number of hydrogen-bond acceptors (Lipinski definition) is 4. The molecule has 3 aromatic rings. The summed E-state index contributed by atoms with van der Waals surface area (Å²) in [6.45, 7) is 1.47. The quantitative estimate of drug-likeness (QED) is 0.615. The number of aromatic nitrogens is 2. The lowest BCUT2D eigenvalue weighted by Gasteiger charge is -2.21. The van der Waals surface area contributed by atoms with E-state index >= 15 is 0 Å². The fourth-order valence-corrected chi connectivity index (χ4v) is 3.35. The number of hydrogen-bond donors (Lipinski definition) is 3. The van der Waals surface area contributed by atoms with Crippen LogP contribution in [0, 0.1) is 5.92 Å². The molecule has 1 fully saturated rings. The van der Waals surface area contributed by atoms with Crippen LogP contribution in [0.3, 0.4) is 0 Å². The van der Waals surface area contributed by atoms with Gasteiger partial charge in [-0.05, 0) is 55.2 Å². The molecular weight excluding hydrogens is 370 g/mol. The molecule has 4 rings (SSSR count). The average Bonchev–Trinajstić information content (AvgIpc) is 3.18. The topological polar surface area (TPSA) is 96.8 Å². The summed E-state index contributed by atoms with van der Waals surface area (Å²) < 4.78 is 7.15. The summed E-state index contributed by atoms with van der Waals surface area (Å²) >= 11 is 0. The van der Waals surface area contributed by atoms with Gasteiger partial charge in [-0.2, -0.15) is 0 Å². The zero-order valence-corrected chi connectivity index (χ0v) is 15.9. The summed E-state index contributed by atoms with van der Waals surface area (Å²) in [7, 11) is 0. The first-order valence-corrected chi connectivity index (χ1v) is 9.64. The van der Waals surface area contributed by atoms with E-state index in [0.29, 0.717) is 29.4 Å². The maximum absolute atomic E-state index is 12.2. The third-order valence-corrected chi connectivity index (χ3v) is 4.89. The summed E-state index contributed by atoms with van der Waals surface area (Å²) in [4.78, 5) is 28.6. The van der Waals surface area contributed by atoms with Crippen molar-refractivity contribution in [2.45, 2.75) is 19.3 Å². The Labute approximate surface area is 168 Å². The van der Waals surface area contributed by atoms with Gasteiger partial charge in [0.05, 0.1) is 5.69 Å². The number of benzene rings is 1. The van der Waals surface area contributed by atoms with E-state index in [4.69, 9.17) is 4.74 Å². The predicted octanol–water partition coefficient (Wildman–Crippen LogP) is 3.73. The van der Waals surface area contributed by atoms with Gasteiger partial charge >= 0.3 is 6.03 Å². The van der Waals surface area contributed by atoms with Crippen molar-refractivity contribution in [3.8, 4) is 0 Å². The zero-order valence-electron chi connectivity index (χ0n) is 15.9. The molecule has 0 aliphatic carbocycles. The Morgan fingerprint density at radius 1 is 0.966 bits per heavy atom. The second-order valence-electron chi connectivity index (χ2n) is 7.08. The molecule has 8 heteroatoms. The number of anilines is 3. The maximum Gasteiger partial charge on any atom is 0.323 e. The summed E-state index contributed by atoms with van der Waals surface area (Å²) in [6, 6.07) is 10.3. The van der Waals surface area contributed by atoms with E-state index in [2.05, 4.69) is 20.9 Å². The second-order valence-corrected chi connectivity index (χ2v) is 7.08. The smallest absolute Gasteiger partial charge is 0.323 e. The van der Waals surface area contributed by atoms with E-state index in [0.717, 1.165) is 31.7 Å². The first kappa shape index (κ1) is 18.9. The number of carbonyl (C=O) groups excluding carboxylic acids is 2. The Hall–Kier alpha value is -3.39. The van der Waals surface area contributed by atoms with Crippen molar-refractivity contribution in [2.75, 3.05) is 29.2 Å². The number of imidazole rings is 1. The first-order valence-electron chi connectivity index (χ1n) is 9.64. The van der Waals surface area contributed by atoms with E-state index in [1.165, 1.54) is 0 Å². The standard InChI is InChI=1S/C21H23N5O3/c27-20(13-15-7-11-29-12-8-15)23-16-1-3-17(4-2-16)24-21(28)25-18-5-6-19-22-9-10-26(19)14-18/h1-6,9-10,14-15H,7-8,11-13H2,(H,23,27)(H2,24,25,28). The number of pyridine rings is 1. The monoisotopic (exact) mass is 393 g/mol. The molecule has 0 bridgehead atoms. The normalized spacial score (nSPS) is 14.5. The van der Waals surface area contributed by atoms with Crippen molar-refractivity contribution in [3.63, 3.8) is 0 Å². The molecule has 29 heavy (non-hydrogen) atoms. The van der Waals surface area contributed by atoms with Crippen molar-refractivity contribution >= 4 is 34.6 Å². The van der Waals surface area contributed by atoms with Crippen LogP contribution in [0.4, 0.5) is 21.9 Å². The van der Waals surface area contributed by atoms with Crippen molar-refractivity contribution in [2.24, 2.45) is 5.92 Å². The van der Waals surface area contributed by atoms with Gasteiger partial charge in [0.1, 0.15) is 5.65 Å². The molecule has 1 aliphatic heterocycles. The molecule has 3 N–H and O–H groups in total. The summed E-state index contributed by atoms with van der Waals surface area (Å²) in [5.41, 5.74) is 2.81. The summed E-state index contributed by atoms with van der Waals surface area (Å²) in [6.07, 6.45) is 7.67. The Morgan fingerprint density at radius 3 is 2.38 bits per heavy atom. The molecule has 3 amide bonds. The number of nitrogens with one attached hydrogen (secondary N) is 3. The van der Waals surface area contributed by atoms with E-state index in [-0.39, 0.29) is 11.9 Å². The van der Waals surface area contributed by atoms with E-state index in [9.17, 15) is 9.59 Å². The number of nitrogens with zero attached hydrogens (tertiary/aromatic N) is 2. The third-order valence-electron chi connectivity index (χ3n) is 4.89. The first-order chi connectivity index (χ1) is 14.2. The van der Waals surface area contributed by atoms with Gasteiger partial charge in [-0.25, -0.2) is 9.78 Å². The van der Waals surface area contributed by atoms with Crippen LogP contribution in [0.2, 0.25) is 0 Å². The fraction of sp³-hybridized carbons (Fsp3) is 0.286. The molecule has 0 spiro atoms. The van der Waals surface area contributed by atoms with Crippen LogP contribution in [0.1, 0.15) is 19.3 Å². The predicted molar refractivity (Wildman–Crippen MR) is 111 cm³/mol. The Kier molecular flexibility index (Phi) is 5.71. The molecule has 8 nitrogen and oxygen atoms in total. The highest BCUT2D eigenvalue weighted by Crippen LogP contribution is 2.20. The van der Waals surface area contributed by atoms with E-state index in [1.807, 2.05) is 16.7 Å². The SMILES string of the molecule is O=C(CC1CCOCC1)Nc1ccc(NC(=O)Nc2ccc3nccn3c2)cc1. The summed E-state index contributed by atoms with van der Waals surface area (Å²) in [5.74, 6) is 0.389. The molecule has 0 atom stereocenters. The van der Waals surface area contributed by atoms with Crippen molar-refractivity contribution in [1.82, 2.24) is 9.38 Å². The number of amides is 3. The highest BCUT2D eigenvalue weighted by Gasteiger charge is 2.17. The van der Waals surface area contributed by atoms with Crippen LogP contribution in [0.5, 0.6) is 0 Å². The van der Waals surface area contributed by atoms with Crippen LogP contribution in [0.25, 0.3) is 5.65 Å². The molecule has 1 aromatic carbocycles. The van der Waals surface area contributed by atoms with Gasteiger partial charge in [-0.15, -0.1) is 0 Å². The van der Waals surface area contributed by atoms with Crippen LogP contribution < -0.4 is 16.0 Å². The Balaban J connectivity index is 1.28. The van der Waals surface area contributed by atoms with Crippen LogP contribution >= 0.6 is 0 Å². The van der Waals surface area contributed by atoms with Gasteiger partial charge in [-0.3, -0.25) is 4.79 Å². The van der Waals surface area contributed by atoms with Gasteiger partial charge in [0.15, 0.2) is 0 Å². The van der Waals surface area contributed by atoms with E-state index < -0.39 is 0 Å². The molecule has 1 saturated heterocycles. The van der Waals surface area contributed by atoms with Gasteiger partial charge < -0.3 is 25.1 Å². The van der Waals surface area contributed by atoms with Crippen molar-refractivity contribution < 1.29 is 14.3 Å². The molecule has 1 aliphatic rings. The molecule has 0 saturated carbocycles. The number of fused-ring (bicyclic) bond motifs is 1. The van der Waals surface area contributed by atoms with Gasteiger partial charge in [-0.1, -0.05) is 0 Å². The Bertz CT molecular complexity index is 993. The lowest BCUT2D eigenvalue weighted by molar-refractivity contribution is -0.117. The fourth-order valence-electron chi connectivity index (χ4n) is 3.35. The number of ether oxygens (including phenoxy) is 1. The minimum absolute atomic E-state index is 0.00486. The number of carbonyl (C=O) groups is 2.